The van der Waals surface area contributed by atoms with Crippen molar-refractivity contribution >= 4 is 25.2 Å². The second-order valence-corrected chi connectivity index (χ2v) is 16.5. The third-order valence-electron chi connectivity index (χ3n) is 7.78. The van der Waals surface area contributed by atoms with Crippen LogP contribution in [0.15, 0.2) is 67.1 Å². The molecule has 0 aliphatic rings. The van der Waals surface area contributed by atoms with Gasteiger partial charge in [-0.3, -0.25) is 4.68 Å². The van der Waals surface area contributed by atoms with Gasteiger partial charge in [0.1, 0.15) is 34.7 Å². The molecule has 0 saturated heterocycles. The molecule has 10 heteroatoms. The number of anilines is 1. The van der Waals surface area contributed by atoms with Crippen molar-refractivity contribution in [3.63, 3.8) is 0 Å². The van der Waals surface area contributed by atoms with Gasteiger partial charge in [0.05, 0.1) is 19.7 Å². The molecule has 0 aliphatic heterocycles. The van der Waals surface area contributed by atoms with Gasteiger partial charge in [0.15, 0.2) is 11.6 Å². The predicted molar refractivity (Wildman–Crippen MR) is 170 cm³/mol. The van der Waals surface area contributed by atoms with E-state index in [-0.39, 0.29) is 5.04 Å². The first-order valence-electron chi connectivity index (χ1n) is 13.9. The second kappa shape index (κ2) is 11.4. The highest BCUT2D eigenvalue weighted by molar-refractivity contribution is 6.74. The van der Waals surface area contributed by atoms with E-state index in [0.29, 0.717) is 34.8 Å². The summed E-state index contributed by atoms with van der Waals surface area (Å²) in [6.45, 7) is 11.8. The summed E-state index contributed by atoms with van der Waals surface area (Å²) < 4.78 is 19.3. The molecule has 0 radical (unpaired) electrons. The van der Waals surface area contributed by atoms with Gasteiger partial charge >= 0.3 is 0 Å². The third kappa shape index (κ3) is 5.94. The molecular formula is C32H38N6O3Si. The van der Waals surface area contributed by atoms with E-state index < -0.39 is 8.32 Å². The monoisotopic (exact) mass is 582 g/mol. The lowest BCUT2D eigenvalue weighted by atomic mass is 10.0. The Morgan fingerprint density at radius 1 is 0.905 bits per heavy atom. The van der Waals surface area contributed by atoms with Crippen LogP contribution in [0, 0.1) is 0 Å². The summed E-state index contributed by atoms with van der Waals surface area (Å²) in [5.41, 5.74) is 5.69. The highest BCUT2D eigenvalue weighted by Crippen LogP contribution is 2.39. The minimum Gasteiger partial charge on any atom is -0.543 e. The molecule has 218 valence electrons. The first kappa shape index (κ1) is 29.1. The Labute approximate surface area is 248 Å². The smallest absolute Gasteiger partial charge is 0.250 e. The number of benzene rings is 2. The number of ether oxygens (including phenoxy) is 2. The fourth-order valence-electron chi connectivity index (χ4n) is 4.41. The van der Waals surface area contributed by atoms with Crippen LogP contribution in [0.4, 0.5) is 5.82 Å². The summed E-state index contributed by atoms with van der Waals surface area (Å²) >= 11 is 0. The van der Waals surface area contributed by atoms with Crippen molar-refractivity contribution in [1.29, 1.82) is 0 Å². The number of hydrogen-bond donors (Lipinski definition) is 1. The molecule has 3 aromatic heterocycles. The molecular weight excluding hydrogens is 544 g/mol. The zero-order valence-corrected chi connectivity index (χ0v) is 26.5. The Bertz CT molecular complexity index is 1710. The molecule has 0 bridgehead atoms. The number of hydrogen-bond acceptors (Lipinski definition) is 8. The Balaban J connectivity index is 1.54. The molecule has 0 aliphatic carbocycles. The van der Waals surface area contributed by atoms with E-state index >= 15 is 0 Å². The number of aromatic nitrogens is 5. The molecule has 0 spiro atoms. The van der Waals surface area contributed by atoms with Gasteiger partial charge in [-0.05, 0) is 48.0 Å². The van der Waals surface area contributed by atoms with Crippen LogP contribution in [0.3, 0.4) is 0 Å². The Morgan fingerprint density at radius 2 is 1.67 bits per heavy atom. The SMILES string of the molecule is COc1ccc(CNc2nc3c(-c4cn(C)nc4-c4cccc(O[Si](C)(C)C(C)(C)C)c4)ncnc3cc2OC)cc1. The standard InChI is InChI=1S/C32H38N6O3Si/c1-32(2,3)42(7,8)41-24-11-9-10-22(16-24)28-25(19-38(4)37-28)29-30-26(34-20-35-29)17-27(40-6)31(36-30)33-18-21-12-14-23(39-5)15-13-21/h9-17,19-20H,18H2,1-8H3,(H,33,36). The largest absolute Gasteiger partial charge is 0.543 e. The number of aryl methyl sites for hydroxylation is 1. The van der Waals surface area contributed by atoms with Crippen molar-refractivity contribution in [2.75, 3.05) is 19.5 Å². The van der Waals surface area contributed by atoms with Crippen molar-refractivity contribution in [2.45, 2.75) is 45.4 Å². The van der Waals surface area contributed by atoms with E-state index in [0.717, 1.165) is 33.9 Å². The summed E-state index contributed by atoms with van der Waals surface area (Å²) in [5.74, 6) is 2.86. The van der Waals surface area contributed by atoms with Gasteiger partial charge in [-0.15, -0.1) is 0 Å². The fourth-order valence-corrected chi connectivity index (χ4v) is 5.43. The highest BCUT2D eigenvalue weighted by atomic mass is 28.4. The van der Waals surface area contributed by atoms with Crippen LogP contribution in [0.2, 0.25) is 18.1 Å². The number of nitrogens with zero attached hydrogens (tertiary/aromatic N) is 5. The topological polar surface area (TPSA) is 96.2 Å². The summed E-state index contributed by atoms with van der Waals surface area (Å²) in [6, 6.07) is 17.9. The Kier molecular flexibility index (Phi) is 7.92. The van der Waals surface area contributed by atoms with Crippen LogP contribution in [-0.2, 0) is 13.6 Å². The van der Waals surface area contributed by atoms with Gasteiger partial charge in [0, 0.05) is 37.0 Å². The molecule has 9 nitrogen and oxygen atoms in total. The normalized spacial score (nSPS) is 11.9. The van der Waals surface area contributed by atoms with Crippen LogP contribution in [0.5, 0.6) is 17.2 Å². The van der Waals surface area contributed by atoms with Gasteiger partial charge in [-0.1, -0.05) is 45.0 Å². The maximum atomic E-state index is 6.61. The van der Waals surface area contributed by atoms with Crippen LogP contribution in [0.1, 0.15) is 26.3 Å². The van der Waals surface area contributed by atoms with Crippen LogP contribution >= 0.6 is 0 Å². The van der Waals surface area contributed by atoms with Gasteiger partial charge in [0.25, 0.3) is 0 Å². The summed E-state index contributed by atoms with van der Waals surface area (Å²) in [5, 5.41) is 8.33. The first-order chi connectivity index (χ1) is 20.0. The van der Waals surface area contributed by atoms with Gasteiger partial charge in [-0.2, -0.15) is 5.10 Å². The van der Waals surface area contributed by atoms with Crippen LogP contribution < -0.4 is 19.2 Å². The number of pyridine rings is 1. The molecule has 0 amide bonds. The minimum atomic E-state index is -2.01. The average molecular weight is 583 g/mol. The van der Waals surface area contributed by atoms with E-state index in [1.54, 1.807) is 25.2 Å². The number of nitrogens with one attached hydrogen (secondary N) is 1. The van der Waals surface area contributed by atoms with Crippen molar-refractivity contribution in [2.24, 2.45) is 7.05 Å². The molecule has 0 unspecified atom stereocenters. The molecule has 0 saturated carbocycles. The lowest BCUT2D eigenvalue weighted by Crippen LogP contribution is -2.43. The maximum Gasteiger partial charge on any atom is 0.250 e. The Hall–Kier alpha value is -4.44. The van der Waals surface area contributed by atoms with E-state index in [2.05, 4.69) is 50.2 Å². The third-order valence-corrected chi connectivity index (χ3v) is 12.1. The lowest BCUT2D eigenvalue weighted by molar-refractivity contribution is 0.414. The quantitative estimate of drug-likeness (QED) is 0.184. The van der Waals surface area contributed by atoms with Gasteiger partial charge < -0.3 is 19.2 Å². The molecule has 3 heterocycles. The van der Waals surface area contributed by atoms with E-state index in [4.69, 9.17) is 29.0 Å². The maximum absolute atomic E-state index is 6.61. The van der Waals surface area contributed by atoms with Gasteiger partial charge in [-0.25, -0.2) is 15.0 Å². The summed E-state index contributed by atoms with van der Waals surface area (Å²) in [6.07, 6.45) is 3.52. The fraction of sp³-hybridized carbons (Fsp3) is 0.312. The summed E-state index contributed by atoms with van der Waals surface area (Å²) in [4.78, 5) is 14.2. The molecule has 1 N–H and O–H groups in total. The molecule has 2 aromatic carbocycles. The van der Waals surface area contributed by atoms with Gasteiger partial charge in [0.2, 0.25) is 8.32 Å². The lowest BCUT2D eigenvalue weighted by Gasteiger charge is -2.36. The number of methoxy groups -OCH3 is 2. The zero-order valence-electron chi connectivity index (χ0n) is 25.5. The molecule has 5 rings (SSSR count). The van der Waals surface area contributed by atoms with Crippen LogP contribution in [0.25, 0.3) is 33.5 Å². The Morgan fingerprint density at radius 3 is 2.36 bits per heavy atom. The minimum absolute atomic E-state index is 0.0882. The molecule has 5 aromatic rings. The van der Waals surface area contributed by atoms with Crippen LogP contribution in [-0.4, -0.2) is 47.3 Å². The number of fused-ring (bicyclic) bond motifs is 1. The van der Waals surface area contributed by atoms with Crippen molar-refractivity contribution in [3.05, 3.63) is 72.7 Å². The van der Waals surface area contributed by atoms with E-state index in [1.165, 1.54) is 0 Å². The second-order valence-electron chi connectivity index (χ2n) is 11.8. The van der Waals surface area contributed by atoms with E-state index in [1.807, 2.05) is 61.8 Å². The van der Waals surface area contributed by atoms with Crippen molar-refractivity contribution < 1.29 is 13.9 Å². The van der Waals surface area contributed by atoms with Crippen molar-refractivity contribution in [1.82, 2.24) is 24.7 Å². The zero-order chi connectivity index (χ0) is 30.1. The molecule has 0 fully saturated rings. The average Bonchev–Trinajstić information content (AvgIpc) is 3.36. The predicted octanol–water partition coefficient (Wildman–Crippen LogP) is 7.11. The summed E-state index contributed by atoms with van der Waals surface area (Å²) in [7, 11) is 3.18. The molecule has 0 atom stereocenters. The highest BCUT2D eigenvalue weighted by Gasteiger charge is 2.39. The number of rotatable bonds is 9. The first-order valence-corrected chi connectivity index (χ1v) is 16.8. The van der Waals surface area contributed by atoms with E-state index in [9.17, 15) is 0 Å². The molecule has 42 heavy (non-hydrogen) atoms. The van der Waals surface area contributed by atoms with Crippen molar-refractivity contribution in [3.8, 4) is 39.8 Å².